The number of nitrogens with zero attached hydrogens (tertiary/aromatic N) is 1. The molecule has 2 nitrogen and oxygen atoms in total. The summed E-state index contributed by atoms with van der Waals surface area (Å²) in [5.74, 6) is 0.329. The van der Waals surface area contributed by atoms with Gasteiger partial charge in [-0.15, -0.1) is 0 Å². The van der Waals surface area contributed by atoms with Gasteiger partial charge in [-0.2, -0.15) is 0 Å². The first-order chi connectivity index (χ1) is 7.26. The van der Waals surface area contributed by atoms with Gasteiger partial charge in [0.2, 0.25) is 5.91 Å². The van der Waals surface area contributed by atoms with E-state index in [0.717, 1.165) is 25.9 Å². The van der Waals surface area contributed by atoms with Crippen molar-refractivity contribution in [2.75, 3.05) is 13.1 Å². The van der Waals surface area contributed by atoms with Gasteiger partial charge in [0.1, 0.15) is 0 Å². The Bertz CT molecular complexity index is 153. The summed E-state index contributed by atoms with van der Waals surface area (Å²) in [6.45, 7) is 8.02. The fourth-order valence-corrected chi connectivity index (χ4v) is 1.79. The SMILES string of the molecule is CCCCCCCCC(=O)N(CC)CC. The molecular weight excluding hydrogens is 186 g/mol. The van der Waals surface area contributed by atoms with E-state index in [0.29, 0.717) is 5.91 Å². The Labute approximate surface area is 95.0 Å². The maximum Gasteiger partial charge on any atom is 0.222 e. The molecule has 0 aliphatic carbocycles. The van der Waals surface area contributed by atoms with Crippen molar-refractivity contribution in [2.24, 2.45) is 0 Å². The summed E-state index contributed by atoms with van der Waals surface area (Å²) in [6.07, 6.45) is 8.28. The summed E-state index contributed by atoms with van der Waals surface area (Å²) < 4.78 is 0. The zero-order valence-corrected chi connectivity index (χ0v) is 10.7. The molecule has 0 rings (SSSR count). The van der Waals surface area contributed by atoms with Crippen molar-refractivity contribution in [1.82, 2.24) is 4.90 Å². The maximum atomic E-state index is 11.6. The van der Waals surface area contributed by atoms with Crippen LogP contribution in [0.5, 0.6) is 0 Å². The van der Waals surface area contributed by atoms with Gasteiger partial charge in [0, 0.05) is 19.5 Å². The van der Waals surface area contributed by atoms with Crippen molar-refractivity contribution in [2.45, 2.75) is 65.7 Å². The van der Waals surface area contributed by atoms with E-state index in [-0.39, 0.29) is 0 Å². The minimum atomic E-state index is 0.329. The maximum absolute atomic E-state index is 11.6. The third kappa shape index (κ3) is 7.40. The molecule has 2 heteroatoms. The predicted octanol–water partition coefficient (Wildman–Crippen LogP) is 3.61. The van der Waals surface area contributed by atoms with Gasteiger partial charge in [-0.3, -0.25) is 4.79 Å². The Kier molecular flexibility index (Phi) is 9.65. The molecule has 0 aromatic carbocycles. The largest absolute Gasteiger partial charge is 0.343 e. The lowest BCUT2D eigenvalue weighted by molar-refractivity contribution is -0.130. The molecule has 90 valence electrons. The highest BCUT2D eigenvalue weighted by atomic mass is 16.2. The quantitative estimate of drug-likeness (QED) is 0.536. The molecule has 15 heavy (non-hydrogen) atoms. The van der Waals surface area contributed by atoms with Crippen molar-refractivity contribution in [3.63, 3.8) is 0 Å². The molecule has 0 aromatic heterocycles. The summed E-state index contributed by atoms with van der Waals surface area (Å²) in [5.41, 5.74) is 0. The van der Waals surface area contributed by atoms with E-state index in [4.69, 9.17) is 0 Å². The van der Waals surface area contributed by atoms with Crippen LogP contribution < -0.4 is 0 Å². The molecule has 0 heterocycles. The van der Waals surface area contributed by atoms with Crippen LogP contribution in [-0.4, -0.2) is 23.9 Å². The van der Waals surface area contributed by atoms with E-state index in [2.05, 4.69) is 6.92 Å². The van der Waals surface area contributed by atoms with E-state index in [1.54, 1.807) is 0 Å². The van der Waals surface area contributed by atoms with Crippen LogP contribution >= 0.6 is 0 Å². The Morgan fingerprint density at radius 2 is 1.40 bits per heavy atom. The lowest BCUT2D eigenvalue weighted by Crippen LogP contribution is -2.30. The minimum absolute atomic E-state index is 0.329. The number of unbranched alkanes of at least 4 members (excludes halogenated alkanes) is 5. The smallest absolute Gasteiger partial charge is 0.222 e. The normalized spacial score (nSPS) is 10.3. The second kappa shape index (κ2) is 10.0. The van der Waals surface area contributed by atoms with Crippen LogP contribution in [-0.2, 0) is 4.79 Å². The lowest BCUT2D eigenvalue weighted by atomic mass is 10.1. The monoisotopic (exact) mass is 213 g/mol. The van der Waals surface area contributed by atoms with E-state index in [1.807, 2.05) is 18.7 Å². The molecule has 1 amide bonds. The molecule has 0 bridgehead atoms. The van der Waals surface area contributed by atoms with Gasteiger partial charge < -0.3 is 4.90 Å². The molecule has 0 N–H and O–H groups in total. The zero-order valence-electron chi connectivity index (χ0n) is 10.7. The van der Waals surface area contributed by atoms with Crippen LogP contribution in [0.3, 0.4) is 0 Å². The second-order valence-electron chi connectivity index (χ2n) is 4.08. The van der Waals surface area contributed by atoms with Gasteiger partial charge in [-0.05, 0) is 20.3 Å². The van der Waals surface area contributed by atoms with Gasteiger partial charge in [-0.1, -0.05) is 39.0 Å². The summed E-state index contributed by atoms with van der Waals surface area (Å²) in [4.78, 5) is 13.5. The van der Waals surface area contributed by atoms with Crippen molar-refractivity contribution < 1.29 is 4.79 Å². The highest BCUT2D eigenvalue weighted by Crippen LogP contribution is 2.08. The topological polar surface area (TPSA) is 20.3 Å². The lowest BCUT2D eigenvalue weighted by Gasteiger charge is -2.18. The number of hydrogen-bond acceptors (Lipinski definition) is 1. The molecule has 0 saturated carbocycles. The fourth-order valence-electron chi connectivity index (χ4n) is 1.79. The summed E-state index contributed by atoms with van der Waals surface area (Å²) in [6, 6.07) is 0. The Morgan fingerprint density at radius 1 is 0.867 bits per heavy atom. The van der Waals surface area contributed by atoms with E-state index in [1.165, 1.54) is 32.1 Å². The molecule has 0 fully saturated rings. The summed E-state index contributed by atoms with van der Waals surface area (Å²) in [7, 11) is 0. The summed E-state index contributed by atoms with van der Waals surface area (Å²) in [5, 5.41) is 0. The second-order valence-corrected chi connectivity index (χ2v) is 4.08. The molecular formula is C13H27NO. The van der Waals surface area contributed by atoms with Crippen molar-refractivity contribution in [1.29, 1.82) is 0 Å². The first-order valence-electron chi connectivity index (χ1n) is 6.54. The highest BCUT2D eigenvalue weighted by molar-refractivity contribution is 5.75. The molecule has 0 aliphatic heterocycles. The molecule has 0 radical (unpaired) electrons. The molecule has 0 aliphatic rings. The standard InChI is InChI=1S/C13H27NO/c1-4-7-8-9-10-11-12-13(15)14(5-2)6-3/h4-12H2,1-3H3. The van der Waals surface area contributed by atoms with Crippen LogP contribution in [0.2, 0.25) is 0 Å². The third-order valence-electron chi connectivity index (χ3n) is 2.86. The first kappa shape index (κ1) is 14.5. The Morgan fingerprint density at radius 3 is 1.93 bits per heavy atom. The average molecular weight is 213 g/mol. The van der Waals surface area contributed by atoms with Crippen molar-refractivity contribution in [3.05, 3.63) is 0 Å². The molecule has 0 aromatic rings. The molecule has 0 unspecified atom stereocenters. The molecule has 0 spiro atoms. The molecule has 0 saturated heterocycles. The predicted molar refractivity (Wildman–Crippen MR) is 65.9 cm³/mol. The van der Waals surface area contributed by atoms with Crippen molar-refractivity contribution in [3.8, 4) is 0 Å². The first-order valence-corrected chi connectivity index (χ1v) is 6.54. The van der Waals surface area contributed by atoms with E-state index < -0.39 is 0 Å². The number of carbonyl (C=O) groups is 1. The Hall–Kier alpha value is -0.530. The van der Waals surface area contributed by atoms with Crippen LogP contribution in [0.4, 0.5) is 0 Å². The van der Waals surface area contributed by atoms with Crippen LogP contribution in [0.15, 0.2) is 0 Å². The van der Waals surface area contributed by atoms with Gasteiger partial charge in [0.05, 0.1) is 0 Å². The van der Waals surface area contributed by atoms with Crippen LogP contribution in [0.25, 0.3) is 0 Å². The third-order valence-corrected chi connectivity index (χ3v) is 2.86. The number of hydrogen-bond donors (Lipinski definition) is 0. The van der Waals surface area contributed by atoms with Gasteiger partial charge >= 0.3 is 0 Å². The highest BCUT2D eigenvalue weighted by Gasteiger charge is 2.07. The fraction of sp³-hybridized carbons (Fsp3) is 0.923. The zero-order chi connectivity index (χ0) is 11.5. The van der Waals surface area contributed by atoms with Crippen LogP contribution in [0, 0.1) is 0 Å². The van der Waals surface area contributed by atoms with Gasteiger partial charge in [0.15, 0.2) is 0 Å². The van der Waals surface area contributed by atoms with Crippen molar-refractivity contribution >= 4 is 5.91 Å². The number of carbonyl (C=O) groups excluding carboxylic acids is 1. The van der Waals surface area contributed by atoms with Gasteiger partial charge in [0.25, 0.3) is 0 Å². The Balaban J connectivity index is 3.38. The number of amides is 1. The van der Waals surface area contributed by atoms with E-state index in [9.17, 15) is 4.79 Å². The van der Waals surface area contributed by atoms with Gasteiger partial charge in [-0.25, -0.2) is 0 Å². The average Bonchev–Trinajstić information content (AvgIpc) is 2.25. The molecule has 0 atom stereocenters. The minimum Gasteiger partial charge on any atom is -0.343 e. The van der Waals surface area contributed by atoms with Crippen LogP contribution in [0.1, 0.15) is 65.7 Å². The number of rotatable bonds is 9. The summed E-state index contributed by atoms with van der Waals surface area (Å²) >= 11 is 0. The van der Waals surface area contributed by atoms with E-state index >= 15 is 0 Å².